The number of hydrogen-bond donors (Lipinski definition) is 1. The number of amides is 2. The van der Waals surface area contributed by atoms with Crippen LogP contribution in [-0.4, -0.2) is 48.6 Å². The van der Waals surface area contributed by atoms with Gasteiger partial charge in [-0.15, -0.1) is 0 Å². The number of hydrogen-bond acceptors (Lipinski definition) is 4. The Labute approximate surface area is 184 Å². The number of benzene rings is 2. The summed E-state index contributed by atoms with van der Waals surface area (Å²) in [5.74, 6) is 1.66. The van der Waals surface area contributed by atoms with E-state index in [2.05, 4.69) is 19.2 Å². The first-order valence-electron chi connectivity index (χ1n) is 10.9. The zero-order chi connectivity index (χ0) is 22.2. The van der Waals surface area contributed by atoms with Crippen molar-refractivity contribution in [3.8, 4) is 11.5 Å². The molecular weight excluding hydrogens is 392 g/mol. The maximum atomic E-state index is 12.5. The topological polar surface area (TPSA) is 67.9 Å². The zero-order valence-electron chi connectivity index (χ0n) is 18.5. The number of likely N-dealkylation sites (tertiary alicyclic amines) is 1. The fourth-order valence-electron chi connectivity index (χ4n) is 3.53. The van der Waals surface area contributed by atoms with Crippen LogP contribution in [-0.2, 0) is 9.59 Å². The van der Waals surface area contributed by atoms with Gasteiger partial charge < -0.3 is 19.7 Å². The summed E-state index contributed by atoms with van der Waals surface area (Å²) in [5.41, 5.74) is 1.24. The third-order valence-electron chi connectivity index (χ3n) is 5.53. The second-order valence-corrected chi connectivity index (χ2v) is 8.25. The zero-order valence-corrected chi connectivity index (χ0v) is 18.5. The molecule has 0 radical (unpaired) electrons. The molecule has 1 unspecified atom stereocenters. The summed E-state index contributed by atoms with van der Waals surface area (Å²) in [4.78, 5) is 26.7. The van der Waals surface area contributed by atoms with Crippen LogP contribution >= 0.6 is 0 Å². The molecule has 1 saturated heterocycles. The maximum absolute atomic E-state index is 12.5. The Bertz CT molecular complexity index is 844. The summed E-state index contributed by atoms with van der Waals surface area (Å²) in [6, 6.07) is 17.2. The summed E-state index contributed by atoms with van der Waals surface area (Å²) in [6.45, 7) is 7.27. The molecule has 6 heteroatoms. The van der Waals surface area contributed by atoms with E-state index in [4.69, 9.17) is 9.47 Å². The van der Waals surface area contributed by atoms with Crippen LogP contribution in [0.5, 0.6) is 11.5 Å². The minimum atomic E-state index is -0.580. The second-order valence-electron chi connectivity index (χ2n) is 8.25. The van der Waals surface area contributed by atoms with Gasteiger partial charge in [0, 0.05) is 19.1 Å². The summed E-state index contributed by atoms with van der Waals surface area (Å²) in [6.07, 6.45) is 0.862. The van der Waals surface area contributed by atoms with Crippen molar-refractivity contribution in [2.45, 2.75) is 51.7 Å². The highest BCUT2D eigenvalue weighted by Crippen LogP contribution is 2.20. The van der Waals surface area contributed by atoms with E-state index >= 15 is 0 Å². The Kier molecular flexibility index (Phi) is 7.93. The van der Waals surface area contributed by atoms with E-state index < -0.39 is 6.10 Å². The van der Waals surface area contributed by atoms with Crippen LogP contribution < -0.4 is 14.8 Å². The lowest BCUT2D eigenvalue weighted by atomic mass is 10.0. The first-order chi connectivity index (χ1) is 14.9. The third kappa shape index (κ3) is 6.74. The number of carbonyl (C=O) groups excluding carboxylic acids is 2. The Morgan fingerprint density at radius 2 is 1.61 bits per heavy atom. The fourth-order valence-corrected chi connectivity index (χ4v) is 3.53. The Morgan fingerprint density at radius 1 is 0.968 bits per heavy atom. The molecule has 31 heavy (non-hydrogen) atoms. The van der Waals surface area contributed by atoms with Crippen molar-refractivity contribution >= 4 is 11.8 Å². The van der Waals surface area contributed by atoms with Gasteiger partial charge in [0.2, 0.25) is 0 Å². The minimum Gasteiger partial charge on any atom is -0.484 e. The van der Waals surface area contributed by atoms with Crippen molar-refractivity contribution in [1.82, 2.24) is 10.2 Å². The standard InChI is InChI=1S/C25H32N2O4/c1-18(2)20-9-11-23(12-10-20)31-19(3)25(29)26-21-13-15-27(16-14-21)24(28)17-30-22-7-5-4-6-8-22/h4-12,18-19,21H,13-17H2,1-3H3,(H,26,29). The Hall–Kier alpha value is -3.02. The van der Waals surface area contributed by atoms with Crippen LogP contribution in [0.3, 0.4) is 0 Å². The molecule has 1 aliphatic rings. The van der Waals surface area contributed by atoms with Crippen molar-refractivity contribution in [2.75, 3.05) is 19.7 Å². The maximum Gasteiger partial charge on any atom is 0.260 e. The van der Waals surface area contributed by atoms with Gasteiger partial charge in [0.1, 0.15) is 11.5 Å². The quantitative estimate of drug-likeness (QED) is 0.701. The van der Waals surface area contributed by atoms with E-state index in [1.807, 2.05) is 54.6 Å². The molecular formula is C25H32N2O4. The van der Waals surface area contributed by atoms with Crippen LogP contribution in [0.25, 0.3) is 0 Å². The van der Waals surface area contributed by atoms with E-state index in [9.17, 15) is 9.59 Å². The third-order valence-corrected chi connectivity index (χ3v) is 5.53. The molecule has 1 atom stereocenters. The summed E-state index contributed by atoms with van der Waals surface area (Å²) in [5, 5.41) is 3.05. The summed E-state index contributed by atoms with van der Waals surface area (Å²) < 4.78 is 11.3. The number of nitrogens with zero attached hydrogens (tertiary/aromatic N) is 1. The lowest BCUT2D eigenvalue weighted by Gasteiger charge is -2.32. The Balaban J connectivity index is 1.39. The van der Waals surface area contributed by atoms with Crippen molar-refractivity contribution in [2.24, 2.45) is 0 Å². The van der Waals surface area contributed by atoms with Crippen molar-refractivity contribution in [1.29, 1.82) is 0 Å². The van der Waals surface area contributed by atoms with Gasteiger partial charge in [0.15, 0.2) is 12.7 Å². The number of para-hydroxylation sites is 1. The van der Waals surface area contributed by atoms with Crippen LogP contribution in [0, 0.1) is 0 Å². The molecule has 0 bridgehead atoms. The molecule has 1 N–H and O–H groups in total. The molecule has 1 heterocycles. The lowest BCUT2D eigenvalue weighted by Crippen LogP contribution is -2.50. The fraction of sp³-hybridized carbons (Fsp3) is 0.440. The molecule has 2 aromatic carbocycles. The van der Waals surface area contributed by atoms with Crippen molar-refractivity contribution < 1.29 is 19.1 Å². The normalized spacial score (nSPS) is 15.4. The van der Waals surface area contributed by atoms with Gasteiger partial charge in [-0.2, -0.15) is 0 Å². The first kappa shape index (κ1) is 22.7. The van der Waals surface area contributed by atoms with Crippen LogP contribution in [0.4, 0.5) is 0 Å². The Morgan fingerprint density at radius 3 is 2.23 bits per heavy atom. The molecule has 0 aliphatic carbocycles. The van der Waals surface area contributed by atoms with Crippen LogP contribution in [0.15, 0.2) is 54.6 Å². The van der Waals surface area contributed by atoms with Gasteiger partial charge in [-0.25, -0.2) is 0 Å². The molecule has 0 aromatic heterocycles. The van der Waals surface area contributed by atoms with Crippen molar-refractivity contribution in [3.63, 3.8) is 0 Å². The number of rotatable bonds is 8. The van der Waals surface area contributed by atoms with E-state index in [-0.39, 0.29) is 24.5 Å². The molecule has 0 saturated carbocycles. The van der Waals surface area contributed by atoms with Gasteiger partial charge in [0.05, 0.1) is 0 Å². The van der Waals surface area contributed by atoms with Gasteiger partial charge in [-0.05, 0) is 55.5 Å². The van der Waals surface area contributed by atoms with Crippen LogP contribution in [0.1, 0.15) is 45.1 Å². The first-order valence-corrected chi connectivity index (χ1v) is 10.9. The highest BCUT2D eigenvalue weighted by Gasteiger charge is 2.26. The minimum absolute atomic E-state index is 0.0293. The smallest absolute Gasteiger partial charge is 0.260 e. The largest absolute Gasteiger partial charge is 0.484 e. The molecule has 1 fully saturated rings. The van der Waals surface area contributed by atoms with Crippen LogP contribution in [0.2, 0.25) is 0 Å². The molecule has 2 amide bonds. The number of ether oxygens (including phenoxy) is 2. The van der Waals surface area contributed by atoms with Gasteiger partial charge in [-0.1, -0.05) is 44.2 Å². The number of carbonyl (C=O) groups is 2. The van der Waals surface area contributed by atoms with E-state index in [0.29, 0.717) is 30.5 Å². The molecule has 0 spiro atoms. The predicted molar refractivity (Wildman–Crippen MR) is 120 cm³/mol. The van der Waals surface area contributed by atoms with E-state index in [1.54, 1.807) is 11.8 Å². The molecule has 3 rings (SSSR count). The summed E-state index contributed by atoms with van der Waals surface area (Å²) >= 11 is 0. The average Bonchev–Trinajstić information content (AvgIpc) is 2.79. The molecule has 166 valence electrons. The van der Waals surface area contributed by atoms with Gasteiger partial charge >= 0.3 is 0 Å². The average molecular weight is 425 g/mol. The number of piperidine rings is 1. The molecule has 6 nitrogen and oxygen atoms in total. The lowest BCUT2D eigenvalue weighted by molar-refractivity contribution is -0.134. The van der Waals surface area contributed by atoms with E-state index in [0.717, 1.165) is 12.8 Å². The predicted octanol–water partition coefficient (Wildman–Crippen LogP) is 3.76. The SMILES string of the molecule is CC(Oc1ccc(C(C)C)cc1)C(=O)NC1CCN(C(=O)COc2ccccc2)CC1. The monoisotopic (exact) mass is 424 g/mol. The van der Waals surface area contributed by atoms with Gasteiger partial charge in [0.25, 0.3) is 11.8 Å². The second kappa shape index (κ2) is 10.8. The highest BCUT2D eigenvalue weighted by molar-refractivity contribution is 5.81. The van der Waals surface area contributed by atoms with E-state index in [1.165, 1.54) is 5.56 Å². The van der Waals surface area contributed by atoms with Crippen molar-refractivity contribution in [3.05, 3.63) is 60.2 Å². The highest BCUT2D eigenvalue weighted by atomic mass is 16.5. The summed E-state index contributed by atoms with van der Waals surface area (Å²) in [7, 11) is 0. The van der Waals surface area contributed by atoms with Gasteiger partial charge in [-0.3, -0.25) is 9.59 Å². The molecule has 1 aliphatic heterocycles. The molecule has 2 aromatic rings. The number of nitrogens with one attached hydrogen (secondary N) is 1.